The molecule has 2 aromatic rings. The van der Waals surface area contributed by atoms with Crippen molar-refractivity contribution in [1.29, 1.82) is 0 Å². The van der Waals surface area contributed by atoms with Crippen LogP contribution in [0.5, 0.6) is 0 Å². The maximum atomic E-state index is 6.23. The Labute approximate surface area is 111 Å². The van der Waals surface area contributed by atoms with Crippen molar-refractivity contribution in [3.05, 3.63) is 28.6 Å². The summed E-state index contributed by atoms with van der Waals surface area (Å²) in [7, 11) is 1.92. The van der Waals surface area contributed by atoms with Gasteiger partial charge in [0.2, 0.25) is 0 Å². The molecule has 2 heterocycles. The van der Waals surface area contributed by atoms with Crippen LogP contribution >= 0.6 is 11.6 Å². The summed E-state index contributed by atoms with van der Waals surface area (Å²) in [6.45, 7) is 6.10. The maximum absolute atomic E-state index is 6.23. The second kappa shape index (κ2) is 5.49. The molecule has 0 aliphatic rings. The van der Waals surface area contributed by atoms with Crippen molar-refractivity contribution in [3.8, 4) is 0 Å². The van der Waals surface area contributed by atoms with Crippen LogP contribution in [-0.4, -0.2) is 24.5 Å². The predicted molar refractivity (Wildman–Crippen MR) is 69.2 cm³/mol. The number of aromatic nitrogens is 5. The standard InChI is InChI=1S/C11H17ClN6/c1-4-18-9(11(12)8(2)16-18)5-13-6-10-15-14-7-17(10)3/h7,13H,4-6H2,1-3H3. The second-order valence-electron chi connectivity index (χ2n) is 4.12. The van der Waals surface area contributed by atoms with Crippen LogP contribution in [0, 0.1) is 6.92 Å². The summed E-state index contributed by atoms with van der Waals surface area (Å²) >= 11 is 6.23. The summed E-state index contributed by atoms with van der Waals surface area (Å²) in [5.74, 6) is 0.894. The highest BCUT2D eigenvalue weighted by atomic mass is 35.5. The van der Waals surface area contributed by atoms with E-state index in [4.69, 9.17) is 11.6 Å². The first-order chi connectivity index (χ1) is 8.63. The van der Waals surface area contributed by atoms with Gasteiger partial charge in [-0.1, -0.05) is 11.6 Å². The zero-order chi connectivity index (χ0) is 13.1. The molecule has 0 saturated heterocycles. The summed E-state index contributed by atoms with van der Waals surface area (Å²) in [5, 5.41) is 16.3. The minimum absolute atomic E-state index is 0.654. The van der Waals surface area contributed by atoms with Crippen LogP contribution < -0.4 is 5.32 Å². The van der Waals surface area contributed by atoms with Gasteiger partial charge in [0.05, 0.1) is 23.0 Å². The second-order valence-corrected chi connectivity index (χ2v) is 4.50. The lowest BCUT2D eigenvalue weighted by molar-refractivity contribution is 0.566. The average Bonchev–Trinajstić information content (AvgIpc) is 2.87. The van der Waals surface area contributed by atoms with Crippen LogP contribution in [-0.2, 0) is 26.7 Å². The van der Waals surface area contributed by atoms with Crippen LogP contribution in [0.1, 0.15) is 24.1 Å². The predicted octanol–water partition coefficient (Wildman–Crippen LogP) is 1.28. The SMILES string of the molecule is CCn1nc(C)c(Cl)c1CNCc1nncn1C. The molecule has 0 fully saturated rings. The van der Waals surface area contributed by atoms with Gasteiger partial charge in [-0.3, -0.25) is 4.68 Å². The topological polar surface area (TPSA) is 60.6 Å². The summed E-state index contributed by atoms with van der Waals surface area (Å²) in [6, 6.07) is 0. The van der Waals surface area contributed by atoms with Crippen molar-refractivity contribution < 1.29 is 0 Å². The quantitative estimate of drug-likeness (QED) is 0.888. The molecule has 2 aromatic heterocycles. The van der Waals surface area contributed by atoms with E-state index in [2.05, 4.69) is 27.5 Å². The zero-order valence-corrected chi connectivity index (χ0v) is 11.6. The molecule has 0 aliphatic carbocycles. The Morgan fingerprint density at radius 1 is 1.39 bits per heavy atom. The van der Waals surface area contributed by atoms with Gasteiger partial charge in [0.25, 0.3) is 0 Å². The Balaban J connectivity index is 2.00. The van der Waals surface area contributed by atoms with Crippen molar-refractivity contribution in [2.45, 2.75) is 33.5 Å². The summed E-state index contributed by atoms with van der Waals surface area (Å²) in [5.41, 5.74) is 1.88. The third kappa shape index (κ3) is 2.54. The fraction of sp³-hybridized carbons (Fsp3) is 0.545. The van der Waals surface area contributed by atoms with E-state index in [1.165, 1.54) is 0 Å². The van der Waals surface area contributed by atoms with E-state index in [9.17, 15) is 0 Å². The van der Waals surface area contributed by atoms with E-state index in [0.717, 1.165) is 28.8 Å². The molecule has 2 rings (SSSR count). The summed E-state index contributed by atoms with van der Waals surface area (Å²) < 4.78 is 3.80. The van der Waals surface area contributed by atoms with Gasteiger partial charge in [-0.25, -0.2) is 0 Å². The molecule has 1 N–H and O–H groups in total. The average molecular weight is 269 g/mol. The van der Waals surface area contributed by atoms with Gasteiger partial charge >= 0.3 is 0 Å². The van der Waals surface area contributed by atoms with E-state index >= 15 is 0 Å². The molecule has 6 nitrogen and oxygen atoms in total. The molecule has 0 spiro atoms. The van der Waals surface area contributed by atoms with Crippen molar-refractivity contribution in [1.82, 2.24) is 29.9 Å². The Morgan fingerprint density at radius 3 is 2.78 bits per heavy atom. The smallest absolute Gasteiger partial charge is 0.146 e. The fourth-order valence-electron chi connectivity index (χ4n) is 1.80. The number of hydrogen-bond donors (Lipinski definition) is 1. The molecule has 0 saturated carbocycles. The molecule has 0 aliphatic heterocycles. The van der Waals surface area contributed by atoms with E-state index in [-0.39, 0.29) is 0 Å². The molecule has 7 heteroatoms. The van der Waals surface area contributed by atoms with Gasteiger partial charge in [0.15, 0.2) is 0 Å². The van der Waals surface area contributed by atoms with Crippen LogP contribution in [0.4, 0.5) is 0 Å². The fourth-order valence-corrected chi connectivity index (χ4v) is 2.00. The lowest BCUT2D eigenvalue weighted by Crippen LogP contribution is -2.18. The van der Waals surface area contributed by atoms with Crippen molar-refractivity contribution in [2.24, 2.45) is 7.05 Å². The number of hydrogen-bond acceptors (Lipinski definition) is 4. The highest BCUT2D eigenvalue weighted by molar-refractivity contribution is 6.31. The Kier molecular flexibility index (Phi) is 3.98. The lowest BCUT2D eigenvalue weighted by atomic mass is 10.3. The lowest BCUT2D eigenvalue weighted by Gasteiger charge is -2.07. The van der Waals surface area contributed by atoms with E-state index < -0.39 is 0 Å². The van der Waals surface area contributed by atoms with Crippen LogP contribution in [0.2, 0.25) is 5.02 Å². The Morgan fingerprint density at radius 2 is 2.17 bits per heavy atom. The molecule has 0 unspecified atom stereocenters. The maximum Gasteiger partial charge on any atom is 0.146 e. The Hall–Kier alpha value is -1.40. The highest BCUT2D eigenvalue weighted by Crippen LogP contribution is 2.19. The van der Waals surface area contributed by atoms with Gasteiger partial charge in [0.1, 0.15) is 12.2 Å². The van der Waals surface area contributed by atoms with E-state index in [1.807, 2.05) is 23.2 Å². The first-order valence-corrected chi connectivity index (χ1v) is 6.26. The summed E-state index contributed by atoms with van der Waals surface area (Å²) in [4.78, 5) is 0. The van der Waals surface area contributed by atoms with Crippen LogP contribution in [0.3, 0.4) is 0 Å². The van der Waals surface area contributed by atoms with Gasteiger partial charge in [-0.05, 0) is 13.8 Å². The number of nitrogens with zero attached hydrogens (tertiary/aromatic N) is 5. The molecule has 0 atom stereocenters. The minimum atomic E-state index is 0.654. The van der Waals surface area contributed by atoms with Crippen molar-refractivity contribution in [3.63, 3.8) is 0 Å². The first-order valence-electron chi connectivity index (χ1n) is 5.88. The van der Waals surface area contributed by atoms with Gasteiger partial charge in [-0.2, -0.15) is 5.10 Å². The number of rotatable bonds is 5. The van der Waals surface area contributed by atoms with Gasteiger partial charge in [0, 0.05) is 20.1 Å². The van der Waals surface area contributed by atoms with Crippen molar-refractivity contribution in [2.75, 3.05) is 0 Å². The molecule has 0 amide bonds. The van der Waals surface area contributed by atoms with Gasteiger partial charge < -0.3 is 9.88 Å². The Bertz CT molecular complexity index is 530. The van der Waals surface area contributed by atoms with Crippen LogP contribution in [0.15, 0.2) is 6.33 Å². The first kappa shape index (κ1) is 13.0. The molecule has 98 valence electrons. The molecular formula is C11H17ClN6. The largest absolute Gasteiger partial charge is 0.320 e. The third-order valence-corrected chi connectivity index (χ3v) is 3.33. The van der Waals surface area contributed by atoms with Crippen LogP contribution in [0.25, 0.3) is 0 Å². The highest BCUT2D eigenvalue weighted by Gasteiger charge is 2.12. The minimum Gasteiger partial charge on any atom is -0.320 e. The van der Waals surface area contributed by atoms with E-state index in [1.54, 1.807) is 6.33 Å². The molecule has 18 heavy (non-hydrogen) atoms. The van der Waals surface area contributed by atoms with Gasteiger partial charge in [-0.15, -0.1) is 10.2 Å². The number of nitrogens with one attached hydrogen (secondary N) is 1. The zero-order valence-electron chi connectivity index (χ0n) is 10.8. The third-order valence-electron chi connectivity index (χ3n) is 2.83. The monoisotopic (exact) mass is 268 g/mol. The molecule has 0 bridgehead atoms. The number of halogens is 1. The molecule has 0 radical (unpaired) electrons. The van der Waals surface area contributed by atoms with E-state index in [0.29, 0.717) is 13.1 Å². The number of aryl methyl sites for hydroxylation is 3. The molecular weight excluding hydrogens is 252 g/mol. The molecule has 0 aromatic carbocycles. The summed E-state index contributed by atoms with van der Waals surface area (Å²) in [6.07, 6.45) is 1.68. The van der Waals surface area contributed by atoms with Crippen molar-refractivity contribution >= 4 is 11.6 Å². The normalized spacial score (nSPS) is 11.1.